The Labute approximate surface area is 105 Å². The van der Waals surface area contributed by atoms with Gasteiger partial charge in [-0.1, -0.05) is 19.3 Å². The Morgan fingerprint density at radius 3 is 2.88 bits per heavy atom. The Balaban J connectivity index is 1.97. The molecule has 1 atom stereocenters. The smallest absolute Gasteiger partial charge is 0.320 e. The van der Waals surface area contributed by atoms with Crippen LogP contribution in [0.2, 0.25) is 0 Å². The van der Waals surface area contributed by atoms with Gasteiger partial charge in [0.15, 0.2) is 0 Å². The number of hydrogen-bond donors (Lipinski definition) is 2. The SMILES string of the molecule is NC(Cc1csc(C2CCCCC2)n1)C(=O)O. The largest absolute Gasteiger partial charge is 0.480 e. The van der Waals surface area contributed by atoms with Crippen molar-refractivity contribution in [3.63, 3.8) is 0 Å². The lowest BCUT2D eigenvalue weighted by atomic mass is 9.90. The van der Waals surface area contributed by atoms with Crippen molar-refractivity contribution in [3.05, 3.63) is 16.1 Å². The fraction of sp³-hybridized carbons (Fsp3) is 0.667. The number of carboxylic acids is 1. The first-order chi connectivity index (χ1) is 8.16. The lowest BCUT2D eigenvalue weighted by Gasteiger charge is -2.18. The Bertz CT molecular complexity index is 386. The number of nitrogens with two attached hydrogens (primary N) is 1. The molecule has 1 aromatic rings. The first-order valence-corrected chi connectivity index (χ1v) is 6.97. The fourth-order valence-electron chi connectivity index (χ4n) is 2.27. The molecule has 0 saturated heterocycles. The highest BCUT2D eigenvalue weighted by molar-refractivity contribution is 7.09. The molecule has 0 bridgehead atoms. The molecule has 1 saturated carbocycles. The molecule has 1 aromatic heterocycles. The van der Waals surface area contributed by atoms with Gasteiger partial charge in [-0.05, 0) is 12.8 Å². The van der Waals surface area contributed by atoms with Crippen molar-refractivity contribution in [2.24, 2.45) is 5.73 Å². The van der Waals surface area contributed by atoms with E-state index in [1.807, 2.05) is 5.38 Å². The maximum atomic E-state index is 10.7. The number of thiazole rings is 1. The van der Waals surface area contributed by atoms with Crippen molar-refractivity contribution in [1.29, 1.82) is 0 Å². The van der Waals surface area contributed by atoms with Gasteiger partial charge < -0.3 is 10.8 Å². The van der Waals surface area contributed by atoms with E-state index in [9.17, 15) is 4.79 Å². The number of aliphatic carboxylic acids is 1. The zero-order valence-electron chi connectivity index (χ0n) is 9.76. The Morgan fingerprint density at radius 2 is 2.24 bits per heavy atom. The topological polar surface area (TPSA) is 76.2 Å². The van der Waals surface area contributed by atoms with Gasteiger partial charge in [0.1, 0.15) is 6.04 Å². The van der Waals surface area contributed by atoms with Crippen molar-refractivity contribution in [2.75, 3.05) is 0 Å². The minimum absolute atomic E-state index is 0.332. The molecule has 17 heavy (non-hydrogen) atoms. The van der Waals surface area contributed by atoms with Crippen molar-refractivity contribution in [3.8, 4) is 0 Å². The molecule has 1 unspecified atom stereocenters. The normalized spacial score (nSPS) is 19.1. The molecule has 1 aliphatic carbocycles. The first-order valence-electron chi connectivity index (χ1n) is 6.09. The number of carboxylic acid groups (broad SMARTS) is 1. The summed E-state index contributed by atoms with van der Waals surface area (Å²) in [6.45, 7) is 0. The van der Waals surface area contributed by atoms with Crippen LogP contribution >= 0.6 is 11.3 Å². The second-order valence-corrected chi connectivity index (χ2v) is 5.55. The van der Waals surface area contributed by atoms with Gasteiger partial charge >= 0.3 is 5.97 Å². The lowest BCUT2D eigenvalue weighted by molar-refractivity contribution is -0.138. The third-order valence-corrected chi connectivity index (χ3v) is 4.33. The molecular formula is C12H18N2O2S. The highest BCUT2D eigenvalue weighted by Gasteiger charge is 2.20. The van der Waals surface area contributed by atoms with Crippen LogP contribution in [0.15, 0.2) is 5.38 Å². The Hall–Kier alpha value is -0.940. The Kier molecular flexibility index (Phi) is 4.12. The van der Waals surface area contributed by atoms with E-state index >= 15 is 0 Å². The third kappa shape index (κ3) is 3.26. The molecule has 94 valence electrons. The molecule has 5 heteroatoms. The van der Waals surface area contributed by atoms with Crippen LogP contribution < -0.4 is 5.73 Å². The van der Waals surface area contributed by atoms with E-state index in [0.717, 1.165) is 10.7 Å². The van der Waals surface area contributed by atoms with Crippen LogP contribution in [0.1, 0.15) is 48.7 Å². The summed E-state index contributed by atoms with van der Waals surface area (Å²) in [6, 6.07) is -0.837. The second kappa shape index (κ2) is 5.60. The number of nitrogens with zero attached hydrogens (tertiary/aromatic N) is 1. The van der Waals surface area contributed by atoms with Crippen molar-refractivity contribution < 1.29 is 9.90 Å². The van der Waals surface area contributed by atoms with Crippen LogP contribution in [0.25, 0.3) is 0 Å². The van der Waals surface area contributed by atoms with Crippen LogP contribution in [-0.2, 0) is 11.2 Å². The lowest BCUT2D eigenvalue weighted by Crippen LogP contribution is -2.32. The molecule has 1 heterocycles. The van der Waals surface area contributed by atoms with Gasteiger partial charge in [0.2, 0.25) is 0 Å². The third-order valence-electron chi connectivity index (χ3n) is 3.27. The summed E-state index contributed by atoms with van der Waals surface area (Å²) in [5, 5.41) is 11.9. The molecule has 0 amide bonds. The number of aromatic nitrogens is 1. The van der Waals surface area contributed by atoms with Gasteiger partial charge in [0, 0.05) is 17.7 Å². The van der Waals surface area contributed by atoms with Gasteiger partial charge in [0.05, 0.1) is 10.7 Å². The zero-order valence-corrected chi connectivity index (χ0v) is 10.6. The predicted molar refractivity (Wildman–Crippen MR) is 67.3 cm³/mol. The van der Waals surface area contributed by atoms with Crippen molar-refractivity contribution >= 4 is 17.3 Å². The van der Waals surface area contributed by atoms with E-state index in [1.54, 1.807) is 11.3 Å². The second-order valence-electron chi connectivity index (χ2n) is 4.66. The van der Waals surface area contributed by atoms with E-state index in [1.165, 1.54) is 32.1 Å². The van der Waals surface area contributed by atoms with E-state index in [-0.39, 0.29) is 0 Å². The van der Waals surface area contributed by atoms with Gasteiger partial charge in [-0.2, -0.15) is 0 Å². The zero-order chi connectivity index (χ0) is 12.3. The summed E-state index contributed by atoms with van der Waals surface area (Å²) in [7, 11) is 0. The summed E-state index contributed by atoms with van der Waals surface area (Å²) >= 11 is 1.65. The molecule has 0 aliphatic heterocycles. The fourth-order valence-corrected chi connectivity index (χ4v) is 3.27. The van der Waals surface area contributed by atoms with E-state index in [0.29, 0.717) is 12.3 Å². The highest BCUT2D eigenvalue weighted by atomic mass is 32.1. The maximum absolute atomic E-state index is 10.7. The van der Waals surface area contributed by atoms with Crippen molar-refractivity contribution in [2.45, 2.75) is 50.5 Å². The molecule has 1 aliphatic rings. The first kappa shape index (κ1) is 12.5. The number of rotatable bonds is 4. The summed E-state index contributed by atoms with van der Waals surface area (Å²) in [5.41, 5.74) is 6.33. The van der Waals surface area contributed by atoms with Crippen LogP contribution in [0.4, 0.5) is 0 Å². The summed E-state index contributed by atoms with van der Waals surface area (Å²) in [4.78, 5) is 15.2. The predicted octanol–water partition coefficient (Wildman–Crippen LogP) is 2.15. The number of carbonyl (C=O) groups is 1. The average Bonchev–Trinajstić information content (AvgIpc) is 2.78. The standard InChI is InChI=1S/C12H18N2O2S/c13-10(12(15)16)6-9-7-17-11(14-9)8-4-2-1-3-5-8/h7-8,10H,1-6,13H2,(H,15,16). The van der Waals surface area contributed by atoms with Crippen LogP contribution in [-0.4, -0.2) is 22.1 Å². The molecule has 0 radical (unpaired) electrons. The van der Waals surface area contributed by atoms with Gasteiger partial charge in [-0.3, -0.25) is 4.79 Å². The molecular weight excluding hydrogens is 236 g/mol. The van der Waals surface area contributed by atoms with E-state index in [4.69, 9.17) is 10.8 Å². The molecule has 3 N–H and O–H groups in total. The highest BCUT2D eigenvalue weighted by Crippen LogP contribution is 2.34. The Morgan fingerprint density at radius 1 is 1.53 bits per heavy atom. The maximum Gasteiger partial charge on any atom is 0.320 e. The van der Waals surface area contributed by atoms with Crippen molar-refractivity contribution in [1.82, 2.24) is 4.98 Å². The monoisotopic (exact) mass is 254 g/mol. The quantitative estimate of drug-likeness (QED) is 0.863. The molecule has 0 aromatic carbocycles. The molecule has 4 nitrogen and oxygen atoms in total. The summed E-state index contributed by atoms with van der Waals surface area (Å²) in [6.07, 6.45) is 6.68. The van der Waals surface area contributed by atoms with Crippen LogP contribution in [0.3, 0.4) is 0 Å². The molecule has 2 rings (SSSR count). The van der Waals surface area contributed by atoms with E-state index in [2.05, 4.69) is 4.98 Å². The minimum atomic E-state index is -0.961. The van der Waals surface area contributed by atoms with Gasteiger partial charge in [-0.25, -0.2) is 4.98 Å². The van der Waals surface area contributed by atoms with Gasteiger partial charge in [-0.15, -0.1) is 11.3 Å². The van der Waals surface area contributed by atoms with E-state index < -0.39 is 12.0 Å². The average molecular weight is 254 g/mol. The molecule has 1 fully saturated rings. The minimum Gasteiger partial charge on any atom is -0.480 e. The molecule has 0 spiro atoms. The summed E-state index contributed by atoms with van der Waals surface area (Å²) < 4.78 is 0. The summed E-state index contributed by atoms with van der Waals surface area (Å²) in [5.74, 6) is -0.374. The van der Waals surface area contributed by atoms with Crippen LogP contribution in [0.5, 0.6) is 0 Å². The number of hydrogen-bond acceptors (Lipinski definition) is 4. The van der Waals surface area contributed by atoms with Crippen LogP contribution in [0, 0.1) is 0 Å². The van der Waals surface area contributed by atoms with Gasteiger partial charge in [0.25, 0.3) is 0 Å².